The Morgan fingerprint density at radius 1 is 1.26 bits per heavy atom. The lowest BCUT2D eigenvalue weighted by atomic mass is 9.89. The third-order valence-corrected chi connectivity index (χ3v) is 6.34. The minimum absolute atomic E-state index is 0.0707. The van der Waals surface area contributed by atoms with Crippen molar-refractivity contribution in [2.24, 2.45) is 11.8 Å². The van der Waals surface area contributed by atoms with Gasteiger partial charge in [0.15, 0.2) is 5.82 Å². The Morgan fingerprint density at radius 2 is 1.96 bits per heavy atom. The molecule has 27 heavy (non-hydrogen) atoms. The van der Waals surface area contributed by atoms with Gasteiger partial charge >= 0.3 is 0 Å². The highest BCUT2D eigenvalue weighted by atomic mass is 32.1. The molecule has 4 rings (SSSR count). The fourth-order valence-corrected chi connectivity index (χ4v) is 5.37. The molecule has 3 aromatic rings. The maximum atomic E-state index is 14.8. The average Bonchev–Trinajstić information content (AvgIpc) is 3.16. The number of aromatic hydroxyl groups is 1. The van der Waals surface area contributed by atoms with Crippen LogP contribution in [0.5, 0.6) is 5.88 Å². The lowest BCUT2D eigenvalue weighted by Gasteiger charge is -2.40. The molecule has 1 N–H and O–H groups in total. The van der Waals surface area contributed by atoms with Crippen LogP contribution in [0, 0.1) is 17.7 Å². The van der Waals surface area contributed by atoms with E-state index in [0.717, 1.165) is 13.1 Å². The first kappa shape index (κ1) is 18.4. The fourth-order valence-electron chi connectivity index (χ4n) is 4.24. The van der Waals surface area contributed by atoms with Crippen LogP contribution in [0.3, 0.4) is 0 Å². The summed E-state index contributed by atoms with van der Waals surface area (Å²) in [6.07, 6.45) is 1.88. The zero-order valence-electron chi connectivity index (χ0n) is 15.9. The van der Waals surface area contributed by atoms with Crippen molar-refractivity contribution in [3.8, 4) is 5.88 Å². The molecular formula is C20H25FN4OS. The van der Waals surface area contributed by atoms with Gasteiger partial charge in [0.05, 0.1) is 10.9 Å². The Labute approximate surface area is 162 Å². The lowest BCUT2D eigenvalue weighted by Crippen LogP contribution is -2.41. The Balaban J connectivity index is 1.84. The van der Waals surface area contributed by atoms with E-state index in [1.165, 1.54) is 28.3 Å². The zero-order valence-corrected chi connectivity index (χ0v) is 16.7. The van der Waals surface area contributed by atoms with Crippen molar-refractivity contribution in [1.29, 1.82) is 0 Å². The molecule has 1 saturated heterocycles. The Bertz CT molecular complexity index is 943. The number of hydrogen-bond donors (Lipinski definition) is 1. The molecule has 5 nitrogen and oxygen atoms in total. The third kappa shape index (κ3) is 3.34. The Morgan fingerprint density at radius 3 is 2.59 bits per heavy atom. The molecule has 144 valence electrons. The zero-order chi connectivity index (χ0) is 19.1. The summed E-state index contributed by atoms with van der Waals surface area (Å²) < 4.78 is 16.3. The van der Waals surface area contributed by atoms with Crippen LogP contribution in [0.4, 0.5) is 4.39 Å². The highest BCUT2D eigenvalue weighted by Crippen LogP contribution is 2.42. The molecule has 1 aliphatic rings. The van der Waals surface area contributed by atoms with E-state index in [-0.39, 0.29) is 17.7 Å². The quantitative estimate of drug-likeness (QED) is 0.725. The van der Waals surface area contributed by atoms with Crippen molar-refractivity contribution in [3.63, 3.8) is 0 Å². The lowest BCUT2D eigenvalue weighted by molar-refractivity contribution is 0.110. The summed E-state index contributed by atoms with van der Waals surface area (Å²) in [5.41, 5.74) is 0.592. The average molecular weight is 389 g/mol. The summed E-state index contributed by atoms with van der Waals surface area (Å²) in [4.78, 5) is 8.14. The number of thiazole rings is 1. The first-order valence-corrected chi connectivity index (χ1v) is 10.3. The summed E-state index contributed by atoms with van der Waals surface area (Å²) in [7, 11) is 0. The maximum absolute atomic E-state index is 14.8. The van der Waals surface area contributed by atoms with E-state index in [1.54, 1.807) is 6.07 Å². The van der Waals surface area contributed by atoms with Crippen molar-refractivity contribution in [3.05, 3.63) is 46.3 Å². The molecule has 3 atom stereocenters. The van der Waals surface area contributed by atoms with Gasteiger partial charge in [-0.05, 0) is 24.3 Å². The van der Waals surface area contributed by atoms with Gasteiger partial charge in [0.2, 0.25) is 10.8 Å². The fraction of sp³-hybridized carbons (Fsp3) is 0.500. The van der Waals surface area contributed by atoms with Crippen molar-refractivity contribution in [2.45, 2.75) is 39.7 Å². The first-order valence-electron chi connectivity index (χ1n) is 9.53. The largest absolute Gasteiger partial charge is 0.492 e. The van der Waals surface area contributed by atoms with Crippen molar-refractivity contribution in [1.82, 2.24) is 19.5 Å². The molecule has 0 aliphatic carbocycles. The van der Waals surface area contributed by atoms with Crippen molar-refractivity contribution < 1.29 is 9.50 Å². The van der Waals surface area contributed by atoms with E-state index < -0.39 is 0 Å². The summed E-state index contributed by atoms with van der Waals surface area (Å²) in [6, 6.07) is 6.52. The monoisotopic (exact) mass is 388 g/mol. The second-order valence-corrected chi connectivity index (χ2v) is 8.70. The third-order valence-electron chi connectivity index (χ3n) is 5.27. The number of hydrogen-bond acceptors (Lipinski definition) is 5. The second kappa shape index (κ2) is 7.20. The van der Waals surface area contributed by atoms with Crippen LogP contribution < -0.4 is 0 Å². The van der Waals surface area contributed by atoms with E-state index in [1.807, 2.05) is 19.1 Å². The maximum Gasteiger partial charge on any atom is 0.230 e. The van der Waals surface area contributed by atoms with Crippen molar-refractivity contribution >= 4 is 16.3 Å². The van der Waals surface area contributed by atoms with Crippen LogP contribution in [0.2, 0.25) is 0 Å². The van der Waals surface area contributed by atoms with Gasteiger partial charge in [-0.25, -0.2) is 9.37 Å². The van der Waals surface area contributed by atoms with Gasteiger partial charge in [0.25, 0.3) is 0 Å². The Kier molecular flexibility index (Phi) is 4.90. The minimum atomic E-state index is -0.338. The van der Waals surface area contributed by atoms with Gasteiger partial charge in [-0.1, -0.05) is 50.3 Å². The number of fused-ring (bicyclic) bond motifs is 1. The molecule has 0 amide bonds. The molecule has 7 heteroatoms. The van der Waals surface area contributed by atoms with Crippen molar-refractivity contribution in [2.75, 3.05) is 13.1 Å². The van der Waals surface area contributed by atoms with Crippen LogP contribution in [-0.2, 0) is 6.42 Å². The molecule has 3 heterocycles. The predicted octanol–water partition coefficient (Wildman–Crippen LogP) is 4.27. The number of halogens is 1. The number of benzene rings is 1. The molecule has 1 aromatic carbocycles. The normalized spacial score (nSPS) is 22.4. The highest BCUT2D eigenvalue weighted by molar-refractivity contribution is 7.17. The molecule has 0 radical (unpaired) electrons. The molecular weight excluding hydrogens is 363 g/mol. The molecule has 1 fully saturated rings. The number of rotatable bonds is 4. The number of aryl methyl sites for hydroxylation is 1. The van der Waals surface area contributed by atoms with E-state index in [9.17, 15) is 9.50 Å². The topological polar surface area (TPSA) is 53.7 Å². The van der Waals surface area contributed by atoms with E-state index in [4.69, 9.17) is 0 Å². The number of likely N-dealkylation sites (tertiary alicyclic amines) is 1. The first-order chi connectivity index (χ1) is 13.0. The standard InChI is InChI=1S/C20H25FN4OS/c1-4-16-22-20-25(23-16)19(26)18(27-20)17(14-7-5-6-8-15(14)21)24-10-12(2)9-13(3)11-24/h5-8,12-13,17,26H,4,9-11H2,1-3H3/t12-,13+,17-/m1/s1. The highest BCUT2D eigenvalue weighted by Gasteiger charge is 2.34. The number of aromatic nitrogens is 3. The number of piperidine rings is 1. The minimum Gasteiger partial charge on any atom is -0.492 e. The molecule has 0 saturated carbocycles. The Hall–Kier alpha value is -1.99. The van der Waals surface area contributed by atoms with Gasteiger partial charge in [-0.15, -0.1) is 5.10 Å². The summed E-state index contributed by atoms with van der Waals surface area (Å²) in [5, 5.41) is 15.3. The van der Waals surface area contributed by atoms with E-state index in [0.29, 0.717) is 39.5 Å². The van der Waals surface area contributed by atoms with Gasteiger partial charge in [-0.2, -0.15) is 4.52 Å². The smallest absolute Gasteiger partial charge is 0.230 e. The SMILES string of the molecule is CCc1nc2sc([C@@H](c3ccccc3F)N3C[C@H](C)C[C@H](C)C3)c(O)n2n1. The van der Waals surface area contributed by atoms with Crippen LogP contribution in [0.15, 0.2) is 24.3 Å². The van der Waals surface area contributed by atoms with E-state index >= 15 is 0 Å². The molecule has 0 spiro atoms. The van der Waals surface area contributed by atoms with Gasteiger partial charge < -0.3 is 5.11 Å². The molecule has 2 aromatic heterocycles. The van der Waals surface area contributed by atoms with Crippen LogP contribution >= 0.6 is 11.3 Å². The number of nitrogens with zero attached hydrogens (tertiary/aromatic N) is 4. The predicted molar refractivity (Wildman–Crippen MR) is 105 cm³/mol. The molecule has 0 unspecified atom stereocenters. The molecule has 0 bridgehead atoms. The van der Waals surface area contributed by atoms with Crippen LogP contribution in [0.25, 0.3) is 4.96 Å². The van der Waals surface area contributed by atoms with Crippen LogP contribution in [-0.4, -0.2) is 37.7 Å². The summed E-state index contributed by atoms with van der Waals surface area (Å²) >= 11 is 1.40. The molecule has 1 aliphatic heterocycles. The summed E-state index contributed by atoms with van der Waals surface area (Å²) in [5.74, 6) is 1.58. The van der Waals surface area contributed by atoms with Gasteiger partial charge in [0.1, 0.15) is 5.82 Å². The summed E-state index contributed by atoms with van der Waals surface area (Å²) in [6.45, 7) is 8.19. The second-order valence-electron chi connectivity index (χ2n) is 7.69. The van der Waals surface area contributed by atoms with Crippen LogP contribution in [0.1, 0.15) is 49.5 Å². The van der Waals surface area contributed by atoms with E-state index in [2.05, 4.69) is 28.8 Å². The van der Waals surface area contributed by atoms with Gasteiger partial charge in [-0.3, -0.25) is 4.90 Å². The van der Waals surface area contributed by atoms with Gasteiger partial charge in [0, 0.05) is 25.1 Å².